The van der Waals surface area contributed by atoms with Crippen molar-refractivity contribution >= 4 is 5.91 Å². The third-order valence-corrected chi connectivity index (χ3v) is 4.94. The van der Waals surface area contributed by atoms with Crippen LogP contribution in [0.4, 0.5) is 4.39 Å². The smallest absolute Gasteiger partial charge is 0.228 e. The van der Waals surface area contributed by atoms with Gasteiger partial charge < -0.3 is 4.90 Å². The second-order valence-electron chi connectivity index (χ2n) is 6.66. The number of carbonyl (C=O) groups excluding carboxylic acids is 1. The van der Waals surface area contributed by atoms with Gasteiger partial charge in [-0.05, 0) is 25.5 Å². The Balaban J connectivity index is 1.73. The first-order chi connectivity index (χ1) is 11.1. The molecule has 126 valence electrons. The maximum absolute atomic E-state index is 13.9. The van der Waals surface area contributed by atoms with Gasteiger partial charge in [0.05, 0.1) is 5.92 Å². The van der Waals surface area contributed by atoms with Crippen LogP contribution in [0.1, 0.15) is 18.4 Å². The fraction of sp³-hybridized carbons (Fsp3) is 0.588. The number of halogens is 1. The lowest BCUT2D eigenvalue weighted by Crippen LogP contribution is -2.51. The van der Waals surface area contributed by atoms with Crippen molar-refractivity contribution in [3.63, 3.8) is 0 Å². The van der Waals surface area contributed by atoms with Gasteiger partial charge in [-0.15, -0.1) is 0 Å². The molecule has 2 saturated heterocycles. The van der Waals surface area contributed by atoms with Crippen LogP contribution >= 0.6 is 0 Å². The zero-order valence-electron chi connectivity index (χ0n) is 13.8. The molecule has 2 aliphatic rings. The van der Waals surface area contributed by atoms with Crippen LogP contribution in [0.15, 0.2) is 24.3 Å². The Morgan fingerprint density at radius 2 is 2.17 bits per heavy atom. The van der Waals surface area contributed by atoms with E-state index in [9.17, 15) is 9.18 Å². The molecule has 5 nitrogen and oxygen atoms in total. The molecule has 2 aliphatic heterocycles. The molecule has 2 fully saturated rings. The number of likely N-dealkylation sites (tertiary alicyclic amines) is 1. The Morgan fingerprint density at radius 1 is 1.39 bits per heavy atom. The van der Waals surface area contributed by atoms with Crippen molar-refractivity contribution in [2.45, 2.75) is 31.5 Å². The SMILES string of the molecule is CN(C)C(=O)C1CNNC1C1CCCN1Cc1ccccc1F. The lowest BCUT2D eigenvalue weighted by atomic mass is 9.92. The van der Waals surface area contributed by atoms with Crippen molar-refractivity contribution in [3.8, 4) is 0 Å². The van der Waals surface area contributed by atoms with Crippen LogP contribution in [-0.2, 0) is 11.3 Å². The second-order valence-corrected chi connectivity index (χ2v) is 6.66. The number of hydrogen-bond donors (Lipinski definition) is 2. The van der Waals surface area contributed by atoms with Gasteiger partial charge in [-0.25, -0.2) is 4.39 Å². The third kappa shape index (κ3) is 3.39. The monoisotopic (exact) mass is 320 g/mol. The molecule has 1 amide bonds. The Hall–Kier alpha value is -1.50. The van der Waals surface area contributed by atoms with Gasteiger partial charge in [-0.3, -0.25) is 20.5 Å². The molecule has 2 heterocycles. The maximum atomic E-state index is 13.9. The predicted molar refractivity (Wildman–Crippen MR) is 86.9 cm³/mol. The van der Waals surface area contributed by atoms with Crippen LogP contribution in [0.5, 0.6) is 0 Å². The number of nitrogens with zero attached hydrogens (tertiary/aromatic N) is 2. The molecule has 3 atom stereocenters. The molecule has 2 N–H and O–H groups in total. The Kier molecular flexibility index (Phi) is 4.94. The molecule has 23 heavy (non-hydrogen) atoms. The highest BCUT2D eigenvalue weighted by atomic mass is 19.1. The molecule has 1 aromatic carbocycles. The molecular formula is C17H25FN4O. The summed E-state index contributed by atoms with van der Waals surface area (Å²) in [7, 11) is 3.59. The number of benzene rings is 1. The van der Waals surface area contributed by atoms with E-state index in [-0.39, 0.29) is 29.7 Å². The Morgan fingerprint density at radius 3 is 2.91 bits per heavy atom. The van der Waals surface area contributed by atoms with E-state index in [1.165, 1.54) is 6.07 Å². The molecule has 0 spiro atoms. The Labute approximate surface area is 136 Å². The first-order valence-corrected chi connectivity index (χ1v) is 8.25. The minimum atomic E-state index is -0.156. The molecule has 0 aliphatic carbocycles. The van der Waals surface area contributed by atoms with Crippen molar-refractivity contribution in [1.82, 2.24) is 20.7 Å². The van der Waals surface area contributed by atoms with Gasteiger partial charge in [0.2, 0.25) is 5.91 Å². The summed E-state index contributed by atoms with van der Waals surface area (Å²) in [6.45, 7) is 2.18. The fourth-order valence-corrected chi connectivity index (χ4v) is 3.75. The first-order valence-electron chi connectivity index (χ1n) is 8.25. The van der Waals surface area contributed by atoms with E-state index in [1.54, 1.807) is 25.1 Å². The van der Waals surface area contributed by atoms with E-state index < -0.39 is 0 Å². The number of hydrazine groups is 1. The predicted octanol–water partition coefficient (Wildman–Crippen LogP) is 0.971. The minimum Gasteiger partial charge on any atom is -0.348 e. The van der Waals surface area contributed by atoms with Crippen LogP contribution < -0.4 is 10.9 Å². The number of amides is 1. The van der Waals surface area contributed by atoms with Crippen LogP contribution in [-0.4, -0.2) is 55.0 Å². The van der Waals surface area contributed by atoms with E-state index in [2.05, 4.69) is 15.8 Å². The summed E-state index contributed by atoms with van der Waals surface area (Å²) >= 11 is 0. The number of rotatable bonds is 4. The summed E-state index contributed by atoms with van der Waals surface area (Å²) in [4.78, 5) is 16.4. The third-order valence-electron chi connectivity index (χ3n) is 4.94. The van der Waals surface area contributed by atoms with E-state index >= 15 is 0 Å². The quantitative estimate of drug-likeness (QED) is 0.868. The molecule has 3 rings (SSSR count). The van der Waals surface area contributed by atoms with Crippen molar-refractivity contribution in [1.29, 1.82) is 0 Å². The van der Waals surface area contributed by atoms with Crippen LogP contribution in [0.2, 0.25) is 0 Å². The van der Waals surface area contributed by atoms with Crippen LogP contribution in [0, 0.1) is 11.7 Å². The minimum absolute atomic E-state index is 0.0687. The fourth-order valence-electron chi connectivity index (χ4n) is 3.75. The Bertz CT molecular complexity index is 565. The largest absolute Gasteiger partial charge is 0.348 e. The summed E-state index contributed by atoms with van der Waals surface area (Å²) in [6, 6.07) is 7.26. The summed E-state index contributed by atoms with van der Waals surface area (Å²) < 4.78 is 13.9. The molecule has 0 saturated carbocycles. The average molecular weight is 320 g/mol. The van der Waals surface area contributed by atoms with Crippen molar-refractivity contribution in [3.05, 3.63) is 35.6 Å². The molecule has 3 unspecified atom stereocenters. The summed E-state index contributed by atoms with van der Waals surface area (Å²) in [5.74, 6) is -0.0852. The van der Waals surface area contributed by atoms with Crippen molar-refractivity contribution < 1.29 is 9.18 Å². The zero-order valence-corrected chi connectivity index (χ0v) is 13.8. The van der Waals surface area contributed by atoms with E-state index in [4.69, 9.17) is 0 Å². The topological polar surface area (TPSA) is 47.6 Å². The van der Waals surface area contributed by atoms with Gasteiger partial charge in [0.1, 0.15) is 5.82 Å². The zero-order chi connectivity index (χ0) is 16.4. The van der Waals surface area contributed by atoms with Crippen molar-refractivity contribution in [2.24, 2.45) is 5.92 Å². The average Bonchev–Trinajstić information content (AvgIpc) is 3.17. The lowest BCUT2D eigenvalue weighted by molar-refractivity contribution is -0.133. The van der Waals surface area contributed by atoms with Crippen molar-refractivity contribution in [2.75, 3.05) is 27.2 Å². The van der Waals surface area contributed by atoms with Gasteiger partial charge in [0, 0.05) is 44.8 Å². The first kappa shape index (κ1) is 16.4. The standard InChI is InChI=1S/C17H25FN4O/c1-21(2)17(23)13-10-19-20-16(13)15-8-5-9-22(15)11-12-6-3-4-7-14(12)18/h3-4,6-7,13,15-16,19-20H,5,8-11H2,1-2H3. The maximum Gasteiger partial charge on any atom is 0.228 e. The van der Waals surface area contributed by atoms with Gasteiger partial charge in [0.15, 0.2) is 0 Å². The van der Waals surface area contributed by atoms with Gasteiger partial charge >= 0.3 is 0 Å². The van der Waals surface area contributed by atoms with Crippen LogP contribution in [0.3, 0.4) is 0 Å². The molecule has 0 aromatic heterocycles. The van der Waals surface area contributed by atoms with Gasteiger partial charge in [-0.2, -0.15) is 0 Å². The van der Waals surface area contributed by atoms with Gasteiger partial charge in [-0.1, -0.05) is 18.2 Å². The normalized spacial score (nSPS) is 28.2. The number of carbonyl (C=O) groups is 1. The van der Waals surface area contributed by atoms with E-state index in [1.807, 2.05) is 12.1 Å². The highest BCUT2D eigenvalue weighted by Gasteiger charge is 2.42. The van der Waals surface area contributed by atoms with Crippen LogP contribution in [0.25, 0.3) is 0 Å². The summed E-state index contributed by atoms with van der Waals surface area (Å²) in [6.07, 6.45) is 2.12. The van der Waals surface area contributed by atoms with Gasteiger partial charge in [0.25, 0.3) is 0 Å². The second kappa shape index (κ2) is 6.95. The molecular weight excluding hydrogens is 295 g/mol. The van der Waals surface area contributed by atoms with E-state index in [0.29, 0.717) is 13.1 Å². The summed E-state index contributed by atoms with van der Waals surface area (Å²) in [5, 5.41) is 0. The highest BCUT2D eigenvalue weighted by Crippen LogP contribution is 2.28. The lowest BCUT2D eigenvalue weighted by Gasteiger charge is -2.32. The summed E-state index contributed by atoms with van der Waals surface area (Å²) in [5.41, 5.74) is 7.14. The molecule has 0 radical (unpaired) electrons. The molecule has 1 aromatic rings. The number of hydrogen-bond acceptors (Lipinski definition) is 4. The highest BCUT2D eigenvalue weighted by molar-refractivity contribution is 5.79. The van der Waals surface area contributed by atoms with E-state index in [0.717, 1.165) is 24.9 Å². The molecule has 6 heteroatoms. The number of nitrogens with one attached hydrogen (secondary N) is 2. The molecule has 0 bridgehead atoms.